The lowest BCUT2D eigenvalue weighted by Gasteiger charge is -2.30. The van der Waals surface area contributed by atoms with Gasteiger partial charge in [0, 0.05) is 42.2 Å². The molecule has 0 unspecified atom stereocenters. The summed E-state index contributed by atoms with van der Waals surface area (Å²) in [7, 11) is 0. The Morgan fingerprint density at radius 1 is 0.894 bits per heavy atom. The van der Waals surface area contributed by atoms with E-state index in [2.05, 4.69) is 90.1 Å². The van der Waals surface area contributed by atoms with Gasteiger partial charge in [0.15, 0.2) is 24.4 Å². The number of benzene rings is 2. The summed E-state index contributed by atoms with van der Waals surface area (Å²) in [6, 6.07) is 23.3. The van der Waals surface area contributed by atoms with Gasteiger partial charge in [0.25, 0.3) is 0 Å². The van der Waals surface area contributed by atoms with E-state index in [9.17, 15) is 19.6 Å². The number of nitrogens with two attached hydrogens (primary N) is 1. The van der Waals surface area contributed by atoms with Crippen LogP contribution in [0, 0.1) is 40.1 Å². The van der Waals surface area contributed by atoms with Gasteiger partial charge < -0.3 is 31.5 Å². The van der Waals surface area contributed by atoms with E-state index < -0.39 is 11.4 Å². The Morgan fingerprint density at radius 2 is 1.44 bits per heavy atom. The first-order valence-electron chi connectivity index (χ1n) is 24.3. The first-order chi connectivity index (χ1) is 31.2. The van der Waals surface area contributed by atoms with Crippen molar-refractivity contribution in [3.05, 3.63) is 99.6 Å². The van der Waals surface area contributed by atoms with Gasteiger partial charge in [0.1, 0.15) is 16.8 Å². The van der Waals surface area contributed by atoms with Gasteiger partial charge >= 0.3 is 6.09 Å². The molecule has 0 bridgehead atoms. The van der Waals surface area contributed by atoms with E-state index in [1.165, 1.54) is 10.6 Å². The lowest BCUT2D eigenvalue weighted by Crippen LogP contribution is -2.48. The average Bonchev–Trinajstić information content (AvgIpc) is 3.28. The number of alkyl carbamates (subject to hydrolysis) is 1. The topological polar surface area (TPSA) is 163 Å². The van der Waals surface area contributed by atoms with Crippen LogP contribution in [0.3, 0.4) is 0 Å². The van der Waals surface area contributed by atoms with E-state index >= 15 is 0 Å². The summed E-state index contributed by atoms with van der Waals surface area (Å²) >= 11 is 5.84. The van der Waals surface area contributed by atoms with E-state index in [-0.39, 0.29) is 46.8 Å². The minimum atomic E-state index is -0.537. The normalized spacial score (nSPS) is 14.5. The van der Waals surface area contributed by atoms with E-state index in [1.807, 2.05) is 82.3 Å². The highest BCUT2D eigenvalue weighted by molar-refractivity contribution is 6.30. The molecule has 3 aromatic rings. The van der Waals surface area contributed by atoms with E-state index in [0.717, 1.165) is 80.6 Å². The molecule has 2 aromatic carbocycles. The monoisotopic (exact) mass is 940 g/mol. The van der Waals surface area contributed by atoms with Crippen LogP contribution in [0.5, 0.6) is 0 Å². The molecule has 1 amide bonds. The number of hydrogen-bond acceptors (Lipinski definition) is 9. The number of carbonyl (C=O) groups excluding carboxylic acids is 1. The van der Waals surface area contributed by atoms with E-state index in [1.54, 1.807) is 6.21 Å². The molecule has 0 aliphatic rings. The maximum absolute atomic E-state index is 13.9. The summed E-state index contributed by atoms with van der Waals surface area (Å²) in [6.07, 6.45) is 11.3. The number of pyridine rings is 1. The summed E-state index contributed by atoms with van der Waals surface area (Å²) < 4.78 is 20.1. The van der Waals surface area contributed by atoms with Crippen molar-refractivity contribution in [1.29, 1.82) is 5.26 Å². The lowest BCUT2D eigenvalue weighted by atomic mass is 9.94. The second-order valence-electron chi connectivity index (χ2n) is 18.2. The van der Waals surface area contributed by atoms with Crippen molar-refractivity contribution < 1.29 is 23.9 Å². The third-order valence-corrected chi connectivity index (χ3v) is 11.6. The van der Waals surface area contributed by atoms with E-state index in [4.69, 9.17) is 27.3 Å². The molecule has 13 heteroatoms. The number of nitrogens with one attached hydrogen (secondary N) is 2. The smallest absolute Gasteiger partial charge is 0.407 e. The predicted molar refractivity (Wildman–Crippen MR) is 273 cm³/mol. The van der Waals surface area contributed by atoms with Crippen LogP contribution in [-0.2, 0) is 17.8 Å². The van der Waals surface area contributed by atoms with Crippen LogP contribution >= 0.6 is 11.6 Å². The number of carbonyl (C=O) groups is 1. The molecule has 1 heterocycles. The first kappa shape index (κ1) is 61.7. The molecule has 0 radical (unpaired) electrons. The van der Waals surface area contributed by atoms with Crippen molar-refractivity contribution in [3.63, 3.8) is 0 Å². The van der Waals surface area contributed by atoms with Gasteiger partial charge in [-0.1, -0.05) is 174 Å². The quantitative estimate of drug-likeness (QED) is 0.0252. The molecule has 0 saturated carbocycles. The Hall–Kier alpha value is -4.28. The Labute approximate surface area is 404 Å². The summed E-state index contributed by atoms with van der Waals surface area (Å²) in [4.78, 5) is 15.5. The van der Waals surface area contributed by atoms with Gasteiger partial charge in [0.05, 0.1) is 5.56 Å². The molecule has 7 atom stereocenters. The fourth-order valence-electron chi connectivity index (χ4n) is 6.81. The lowest BCUT2D eigenvalue weighted by molar-refractivity contribution is -0.472. The minimum absolute atomic E-state index is 0.00233. The highest BCUT2D eigenvalue weighted by Gasteiger charge is 2.23. The maximum atomic E-state index is 13.9. The molecule has 0 fully saturated rings. The minimum Gasteiger partial charge on any atom is -0.624 e. The van der Waals surface area contributed by atoms with Gasteiger partial charge in [0.2, 0.25) is 0 Å². The number of ether oxygens (including phenoxy) is 1. The second-order valence-corrected chi connectivity index (χ2v) is 18.6. The van der Waals surface area contributed by atoms with Crippen LogP contribution in [0.1, 0.15) is 171 Å². The number of nitriles is 1. The zero-order chi connectivity index (χ0) is 50.2. The highest BCUT2D eigenvalue weighted by atomic mass is 35.5. The second kappa shape index (κ2) is 34.9. The maximum Gasteiger partial charge on any atom is 0.407 e. The first-order valence-corrected chi connectivity index (χ1v) is 24.7. The molecule has 11 nitrogen and oxygen atoms in total. The van der Waals surface area contributed by atoms with Gasteiger partial charge in [-0.15, -0.1) is 0 Å². The van der Waals surface area contributed by atoms with Gasteiger partial charge in [-0.2, -0.15) is 10.3 Å². The summed E-state index contributed by atoms with van der Waals surface area (Å²) in [5, 5.41) is 37.9. The Balaban J connectivity index is 0.000000858. The number of anilines is 1. The zero-order valence-electron chi connectivity index (χ0n) is 42.7. The van der Waals surface area contributed by atoms with Gasteiger partial charge in [-0.3, -0.25) is 0 Å². The zero-order valence-corrected chi connectivity index (χ0v) is 43.5. The van der Waals surface area contributed by atoms with Crippen molar-refractivity contribution in [2.45, 2.75) is 197 Å². The molecule has 66 heavy (non-hydrogen) atoms. The van der Waals surface area contributed by atoms with Crippen LogP contribution in [0.2, 0.25) is 5.15 Å². The molecule has 0 aliphatic carbocycles. The third-order valence-electron chi connectivity index (χ3n) is 11.3. The number of hydrogen-bond donors (Lipinski definition) is 4. The van der Waals surface area contributed by atoms with Crippen LogP contribution in [0.4, 0.5) is 15.0 Å². The van der Waals surface area contributed by atoms with Gasteiger partial charge in [-0.05, 0) is 76.3 Å². The Morgan fingerprint density at radius 3 is 1.91 bits per heavy atom. The summed E-state index contributed by atoms with van der Waals surface area (Å²) in [5.41, 5.74) is 7.80. The molecule has 0 saturated heterocycles. The number of nitrogens with zero attached hydrogens (tertiary/aromatic N) is 4. The predicted octanol–water partition coefficient (Wildman–Crippen LogP) is 13.7. The third kappa shape index (κ3) is 26.8. The van der Waals surface area contributed by atoms with Crippen LogP contribution in [0.15, 0.2) is 66.7 Å². The molecule has 0 aliphatic heterocycles. The fraction of sp³-hybridized carbons (Fsp3) is 0.623. The molecule has 5 N–H and O–H groups in total. The van der Waals surface area contributed by atoms with Crippen LogP contribution in [-0.4, -0.2) is 62.1 Å². The molecule has 0 spiro atoms. The Bertz CT molecular complexity index is 1790. The van der Waals surface area contributed by atoms with Gasteiger partial charge in [-0.25, -0.2) is 18.9 Å². The van der Waals surface area contributed by atoms with E-state index in [0.29, 0.717) is 30.8 Å². The number of hydroxylamine groups is 3. The number of halogens is 2. The molecular weight excluding hydrogens is 853 g/mol. The summed E-state index contributed by atoms with van der Waals surface area (Å²) in [5.74, 6) is 0.892. The van der Waals surface area contributed by atoms with Crippen molar-refractivity contribution >= 4 is 29.7 Å². The summed E-state index contributed by atoms with van der Waals surface area (Å²) in [6.45, 7) is 27.7. The van der Waals surface area contributed by atoms with Crippen molar-refractivity contribution in [3.8, 4) is 6.07 Å². The van der Waals surface area contributed by atoms with Crippen molar-refractivity contribution in [2.24, 2.45) is 23.5 Å². The number of rotatable bonds is 22. The standard InChI is InChI=1S/C15H25NO.C14H19ClFN3.C12H26N2O2.C12H17NO/c1-4-9-15(13(3)5-2)16(17)12-14-10-7-6-8-11-14;1-4-6-12(9(3)5-2)18-14-11(16)7-10(8-17)13(15)19-14;1-6-8-9(13)10(7-2)14-11(15)16-12(3,4)5;1-3-11(2)9-13(14)10-12-7-5-4-6-8-12/h6-8,10-11,13,15,17H,4-5,9,12H2,1-3H3;7,9,12H,4-6H2,1-3H3,(H,18,19);9-10H,6-8,13H2,1-5H3,(H,14,15);4-9,11H,3,10H2,1-2H3/b;;;13-9-/t13-,15+;9-,12+;9-,10+;11-/m0010/s1. The molecular formula is C53H87ClFN7O4. The molecule has 1 aromatic heterocycles. The average molecular weight is 941 g/mol. The van der Waals surface area contributed by atoms with Crippen LogP contribution in [0.25, 0.3) is 0 Å². The number of amides is 1. The SMILES string of the molecule is CCC[C@@H](N)[C@H](CC)NC(=O)OC(C)(C)C.CCC[C@@H](Nc1nc(Cl)c(C#N)cc1F)[C@@H](C)CC.CCC[C@H]([C@@H](C)CC)N(O)Cc1ccccc1.CC[C@H](C)/C=[N+](\[O-])Cc1ccccc1. The highest BCUT2D eigenvalue weighted by Crippen LogP contribution is 2.24. The molecule has 3 rings (SSSR count). The fourth-order valence-corrected chi connectivity index (χ4v) is 6.99. The molecule has 372 valence electrons. The number of aromatic nitrogens is 1. The van der Waals surface area contributed by atoms with Crippen LogP contribution < -0.4 is 16.4 Å². The van der Waals surface area contributed by atoms with Crippen molar-refractivity contribution in [2.75, 3.05) is 5.32 Å². The Kier molecular flexibility index (Phi) is 32.7. The largest absolute Gasteiger partial charge is 0.624 e. The van der Waals surface area contributed by atoms with Crippen molar-refractivity contribution in [1.82, 2.24) is 15.4 Å².